The third kappa shape index (κ3) is 8.16. The van der Waals surface area contributed by atoms with Crippen LogP contribution in [0.4, 0.5) is 0 Å². The van der Waals surface area contributed by atoms with Gasteiger partial charge in [0.2, 0.25) is 0 Å². The molecule has 0 saturated carbocycles. The molecule has 0 aromatic carbocycles. The molecule has 1 rings (SSSR count). The first kappa shape index (κ1) is 21.7. The summed E-state index contributed by atoms with van der Waals surface area (Å²) in [6, 6.07) is 0.895. The molecule has 24 heavy (non-hydrogen) atoms. The number of hydrogen-bond donors (Lipinski definition) is 0. The van der Waals surface area contributed by atoms with Crippen molar-refractivity contribution in [1.82, 2.24) is 4.90 Å². The van der Waals surface area contributed by atoms with Gasteiger partial charge >= 0.3 is 7.69 Å². The number of carbonyl (C=O) groups excluding carboxylic acids is 2. The Morgan fingerprint density at radius 3 is 2.33 bits per heavy atom. The Balaban J connectivity index is 2.24. The SMILES string of the molecule is CCC(C)(C)CC(=O)O[B]OC(=O)CCN(C(C)C)C1CSSC1. The zero-order chi connectivity index (χ0) is 18.2. The number of hydrogen-bond acceptors (Lipinski definition) is 7. The summed E-state index contributed by atoms with van der Waals surface area (Å²) in [6.07, 6.45) is 1.47. The Morgan fingerprint density at radius 1 is 1.21 bits per heavy atom. The van der Waals surface area contributed by atoms with Crippen LogP contribution in [0.15, 0.2) is 0 Å². The highest BCUT2D eigenvalue weighted by atomic mass is 33.1. The van der Waals surface area contributed by atoms with E-state index in [1.54, 1.807) is 0 Å². The first-order valence-corrected chi connectivity index (χ1v) is 10.9. The summed E-state index contributed by atoms with van der Waals surface area (Å²) in [5, 5.41) is 0. The van der Waals surface area contributed by atoms with Crippen LogP contribution in [-0.4, -0.2) is 54.7 Å². The fraction of sp³-hybridized carbons (Fsp3) is 0.875. The standard InChI is InChI=1S/C16H29BNO4S2/c1-6-16(4,5)9-15(20)22-17-21-14(19)7-8-18(12(2)3)13-10-23-24-11-13/h12-13H,6-11H2,1-5H3. The minimum absolute atomic E-state index is 0.107. The van der Waals surface area contributed by atoms with Gasteiger partial charge in [-0.3, -0.25) is 14.5 Å². The van der Waals surface area contributed by atoms with E-state index in [0.717, 1.165) is 25.6 Å². The molecule has 0 amide bonds. The summed E-state index contributed by atoms with van der Waals surface area (Å²) in [6.45, 7) is 11.0. The average molecular weight is 374 g/mol. The fourth-order valence-electron chi connectivity index (χ4n) is 2.32. The van der Waals surface area contributed by atoms with E-state index in [-0.39, 0.29) is 17.4 Å². The lowest BCUT2D eigenvalue weighted by Crippen LogP contribution is -2.43. The van der Waals surface area contributed by atoms with Crippen molar-refractivity contribution < 1.29 is 18.9 Å². The molecule has 1 radical (unpaired) electrons. The molecule has 0 atom stereocenters. The Hall–Kier alpha value is -0.335. The molecule has 1 fully saturated rings. The number of rotatable bonds is 10. The molecule has 0 aromatic heterocycles. The van der Waals surface area contributed by atoms with Gasteiger partial charge in [-0.05, 0) is 19.3 Å². The highest BCUT2D eigenvalue weighted by Gasteiger charge is 2.26. The van der Waals surface area contributed by atoms with E-state index in [1.807, 2.05) is 42.4 Å². The molecule has 137 valence electrons. The van der Waals surface area contributed by atoms with Crippen LogP contribution in [0.2, 0.25) is 0 Å². The quantitative estimate of drug-likeness (QED) is 0.430. The molecule has 8 heteroatoms. The zero-order valence-corrected chi connectivity index (χ0v) is 17.0. The Bertz CT molecular complexity index is 415. The predicted octanol–water partition coefficient (Wildman–Crippen LogP) is 3.30. The van der Waals surface area contributed by atoms with Crippen molar-refractivity contribution in [3.63, 3.8) is 0 Å². The summed E-state index contributed by atoms with van der Waals surface area (Å²) < 4.78 is 9.79. The van der Waals surface area contributed by atoms with Crippen molar-refractivity contribution in [1.29, 1.82) is 0 Å². The summed E-state index contributed by atoms with van der Waals surface area (Å²) in [5.74, 6) is 1.43. The molecule has 0 aliphatic carbocycles. The Morgan fingerprint density at radius 2 is 1.79 bits per heavy atom. The largest absolute Gasteiger partial charge is 0.662 e. The topological polar surface area (TPSA) is 55.8 Å². The van der Waals surface area contributed by atoms with E-state index in [1.165, 1.54) is 0 Å². The van der Waals surface area contributed by atoms with Gasteiger partial charge in [0, 0.05) is 36.6 Å². The van der Waals surface area contributed by atoms with Crippen molar-refractivity contribution in [2.75, 3.05) is 18.1 Å². The highest BCUT2D eigenvalue weighted by Crippen LogP contribution is 2.34. The van der Waals surface area contributed by atoms with Gasteiger partial charge in [0.15, 0.2) is 0 Å². The fourth-order valence-corrected chi connectivity index (χ4v) is 5.12. The van der Waals surface area contributed by atoms with E-state index in [4.69, 9.17) is 9.31 Å². The average Bonchev–Trinajstić information content (AvgIpc) is 3.00. The van der Waals surface area contributed by atoms with Crippen LogP contribution < -0.4 is 0 Å². The zero-order valence-electron chi connectivity index (χ0n) is 15.4. The summed E-state index contributed by atoms with van der Waals surface area (Å²) in [7, 11) is 4.63. The van der Waals surface area contributed by atoms with Gasteiger partial charge in [0.1, 0.15) is 0 Å². The summed E-state index contributed by atoms with van der Waals surface area (Å²) in [4.78, 5) is 25.8. The summed E-state index contributed by atoms with van der Waals surface area (Å²) in [5.41, 5.74) is -0.107. The van der Waals surface area contributed by atoms with Gasteiger partial charge in [-0.25, -0.2) is 0 Å². The molecule has 0 spiro atoms. The molecule has 0 N–H and O–H groups in total. The molecule has 1 saturated heterocycles. The maximum absolute atomic E-state index is 11.8. The lowest BCUT2D eigenvalue weighted by Gasteiger charge is -2.31. The van der Waals surface area contributed by atoms with Crippen molar-refractivity contribution in [3.8, 4) is 0 Å². The van der Waals surface area contributed by atoms with Crippen molar-refractivity contribution in [2.45, 2.75) is 66.0 Å². The van der Waals surface area contributed by atoms with Crippen molar-refractivity contribution in [2.24, 2.45) is 5.41 Å². The highest BCUT2D eigenvalue weighted by molar-refractivity contribution is 8.77. The normalized spacial score (nSPS) is 15.8. The maximum Gasteiger partial charge on any atom is 0.662 e. The smallest absolute Gasteiger partial charge is 0.500 e. The van der Waals surface area contributed by atoms with Gasteiger partial charge in [-0.1, -0.05) is 48.8 Å². The van der Waals surface area contributed by atoms with E-state index in [2.05, 4.69) is 18.7 Å². The first-order chi connectivity index (χ1) is 11.2. The van der Waals surface area contributed by atoms with Crippen LogP contribution in [-0.2, 0) is 18.9 Å². The maximum atomic E-state index is 11.8. The Kier molecular flexibility index (Phi) is 9.60. The van der Waals surface area contributed by atoms with Gasteiger partial charge in [0.05, 0.1) is 6.42 Å². The monoisotopic (exact) mass is 374 g/mol. The van der Waals surface area contributed by atoms with E-state index < -0.39 is 0 Å². The predicted molar refractivity (Wildman–Crippen MR) is 102 cm³/mol. The molecule has 5 nitrogen and oxygen atoms in total. The van der Waals surface area contributed by atoms with Crippen LogP contribution in [0, 0.1) is 5.41 Å². The summed E-state index contributed by atoms with van der Waals surface area (Å²) >= 11 is 0. The Labute approximate surface area is 154 Å². The van der Waals surface area contributed by atoms with Crippen LogP contribution in [0.25, 0.3) is 0 Å². The van der Waals surface area contributed by atoms with Gasteiger partial charge in [-0.15, -0.1) is 0 Å². The molecular formula is C16H29BNO4S2. The van der Waals surface area contributed by atoms with Crippen LogP contribution >= 0.6 is 21.6 Å². The molecule has 1 aliphatic heterocycles. The molecular weight excluding hydrogens is 345 g/mol. The third-order valence-electron chi connectivity index (χ3n) is 4.25. The number of carbonyl (C=O) groups is 2. The second kappa shape index (κ2) is 10.6. The van der Waals surface area contributed by atoms with Gasteiger partial charge in [-0.2, -0.15) is 0 Å². The molecule has 0 aromatic rings. The van der Waals surface area contributed by atoms with Crippen LogP contribution in [0.5, 0.6) is 0 Å². The minimum Gasteiger partial charge on any atom is -0.500 e. The lowest BCUT2D eigenvalue weighted by atomic mass is 9.86. The van der Waals surface area contributed by atoms with Crippen molar-refractivity contribution >= 4 is 41.2 Å². The molecule has 1 heterocycles. The van der Waals surface area contributed by atoms with Gasteiger partial charge < -0.3 is 9.31 Å². The van der Waals surface area contributed by atoms with E-state index >= 15 is 0 Å². The van der Waals surface area contributed by atoms with Crippen LogP contribution in [0.1, 0.15) is 53.9 Å². The van der Waals surface area contributed by atoms with Crippen LogP contribution in [0.3, 0.4) is 0 Å². The minimum atomic E-state index is -0.376. The molecule has 0 bridgehead atoms. The van der Waals surface area contributed by atoms with E-state index in [0.29, 0.717) is 31.5 Å². The lowest BCUT2D eigenvalue weighted by molar-refractivity contribution is -0.140. The second-order valence-electron chi connectivity index (χ2n) is 7.07. The molecule has 1 aliphatic rings. The molecule has 0 unspecified atom stereocenters. The number of nitrogens with zero attached hydrogens (tertiary/aromatic N) is 1. The first-order valence-electron chi connectivity index (χ1n) is 8.46. The second-order valence-corrected chi connectivity index (χ2v) is 9.63. The third-order valence-corrected chi connectivity index (χ3v) is 6.77. The van der Waals surface area contributed by atoms with Gasteiger partial charge in [0.25, 0.3) is 11.9 Å². The van der Waals surface area contributed by atoms with Crippen molar-refractivity contribution in [3.05, 3.63) is 0 Å². The van der Waals surface area contributed by atoms with E-state index in [9.17, 15) is 9.59 Å².